The Kier molecular flexibility index (Phi) is 3.96. The predicted octanol–water partition coefficient (Wildman–Crippen LogP) is -0.0957. The van der Waals surface area contributed by atoms with E-state index in [1.165, 1.54) is 0 Å². The van der Waals surface area contributed by atoms with Crippen LogP contribution in [0.1, 0.15) is 19.8 Å². The number of carbonyl (C=O) groups is 2. The number of piperidine rings is 1. The molecule has 3 atom stereocenters. The van der Waals surface area contributed by atoms with Gasteiger partial charge in [0.2, 0.25) is 21.8 Å². The normalized spacial score (nSPS) is 29.1. The molecule has 0 saturated carbocycles. The van der Waals surface area contributed by atoms with Crippen molar-refractivity contribution >= 4 is 33.2 Å². The van der Waals surface area contributed by atoms with Crippen LogP contribution in [0.3, 0.4) is 0 Å². The Morgan fingerprint density at radius 3 is 2.86 bits per heavy atom. The van der Waals surface area contributed by atoms with Crippen molar-refractivity contribution in [3.63, 3.8) is 0 Å². The number of rotatable bonds is 3. The molecule has 2 amide bonds. The molecular formula is C13H17N3O4S2. The van der Waals surface area contributed by atoms with Gasteiger partial charge in [-0.1, -0.05) is 6.07 Å². The molecule has 0 spiro atoms. The molecular weight excluding hydrogens is 326 g/mol. The minimum absolute atomic E-state index is 0.107. The molecule has 120 valence electrons. The highest BCUT2D eigenvalue weighted by Crippen LogP contribution is 2.24. The first-order valence-corrected chi connectivity index (χ1v) is 9.41. The van der Waals surface area contributed by atoms with Crippen LogP contribution in [0, 0.1) is 0 Å². The van der Waals surface area contributed by atoms with Gasteiger partial charge < -0.3 is 10.2 Å². The molecule has 0 bridgehead atoms. The molecule has 3 heterocycles. The van der Waals surface area contributed by atoms with Crippen molar-refractivity contribution in [3.8, 4) is 0 Å². The van der Waals surface area contributed by atoms with Gasteiger partial charge in [0.1, 0.15) is 16.3 Å². The zero-order valence-electron chi connectivity index (χ0n) is 12.0. The molecule has 0 unspecified atom stereocenters. The van der Waals surface area contributed by atoms with Crippen LogP contribution in [-0.4, -0.2) is 49.8 Å². The summed E-state index contributed by atoms with van der Waals surface area (Å²) in [4.78, 5) is 25.7. The van der Waals surface area contributed by atoms with Gasteiger partial charge in [-0.25, -0.2) is 13.1 Å². The smallest absolute Gasteiger partial charge is 0.250 e. The Bertz CT molecular complexity index is 686. The second-order valence-electron chi connectivity index (χ2n) is 5.55. The molecule has 3 rings (SSSR count). The highest BCUT2D eigenvalue weighted by atomic mass is 32.2. The first-order valence-electron chi connectivity index (χ1n) is 7.05. The van der Waals surface area contributed by atoms with Crippen molar-refractivity contribution in [1.82, 2.24) is 14.9 Å². The Balaban J connectivity index is 1.72. The molecule has 1 aromatic rings. The molecule has 0 radical (unpaired) electrons. The fourth-order valence-corrected chi connectivity index (χ4v) is 5.19. The number of hydrogen-bond donors (Lipinski definition) is 2. The maximum atomic E-state index is 12.2. The summed E-state index contributed by atoms with van der Waals surface area (Å²) in [6.07, 6.45) is 0.807. The summed E-state index contributed by atoms with van der Waals surface area (Å²) in [7, 11) is -3.56. The number of hydrogen-bond acceptors (Lipinski definition) is 5. The maximum Gasteiger partial charge on any atom is 0.250 e. The summed E-state index contributed by atoms with van der Waals surface area (Å²) in [6, 6.07) is 1.77. The number of carbonyl (C=O) groups excluding carboxylic acids is 2. The summed E-state index contributed by atoms with van der Waals surface area (Å²) in [6.45, 7) is 2.04. The number of nitrogens with one attached hydrogen (secondary N) is 2. The third kappa shape index (κ3) is 2.75. The number of thiophene rings is 1. The third-order valence-electron chi connectivity index (χ3n) is 4.00. The van der Waals surface area contributed by atoms with Gasteiger partial charge in [0.15, 0.2) is 0 Å². The van der Waals surface area contributed by atoms with E-state index in [0.717, 1.165) is 11.3 Å². The molecule has 9 heteroatoms. The Morgan fingerprint density at radius 2 is 2.18 bits per heavy atom. The van der Waals surface area contributed by atoms with E-state index in [1.54, 1.807) is 29.3 Å². The van der Waals surface area contributed by atoms with Gasteiger partial charge in [0, 0.05) is 12.6 Å². The lowest BCUT2D eigenvalue weighted by Crippen LogP contribution is -2.66. The largest absolute Gasteiger partial charge is 0.343 e. The second-order valence-corrected chi connectivity index (χ2v) is 8.44. The molecule has 0 aliphatic carbocycles. The summed E-state index contributed by atoms with van der Waals surface area (Å²) >= 11 is 1.15. The van der Waals surface area contributed by atoms with Gasteiger partial charge in [-0.05, 0) is 31.2 Å². The van der Waals surface area contributed by atoms with Crippen molar-refractivity contribution < 1.29 is 18.0 Å². The summed E-state index contributed by atoms with van der Waals surface area (Å²) < 4.78 is 27.4. The number of amides is 2. The fraction of sp³-hybridized carbons (Fsp3) is 0.538. The summed E-state index contributed by atoms with van der Waals surface area (Å²) in [5.74, 6) is -0.323. The molecule has 0 aromatic carbocycles. The minimum Gasteiger partial charge on any atom is -0.343 e. The number of piperazine rings is 1. The first kappa shape index (κ1) is 15.4. The van der Waals surface area contributed by atoms with Crippen LogP contribution in [-0.2, 0) is 19.6 Å². The quantitative estimate of drug-likeness (QED) is 0.801. The van der Waals surface area contributed by atoms with Gasteiger partial charge >= 0.3 is 0 Å². The van der Waals surface area contributed by atoms with Crippen LogP contribution in [0.15, 0.2) is 21.7 Å². The van der Waals surface area contributed by atoms with E-state index in [1.807, 2.05) is 0 Å². The van der Waals surface area contributed by atoms with Crippen molar-refractivity contribution in [2.45, 2.75) is 42.1 Å². The molecule has 2 saturated heterocycles. The minimum atomic E-state index is -3.56. The third-order valence-corrected chi connectivity index (χ3v) is 6.92. The highest BCUT2D eigenvalue weighted by molar-refractivity contribution is 7.91. The van der Waals surface area contributed by atoms with Crippen LogP contribution in [0.4, 0.5) is 0 Å². The zero-order valence-corrected chi connectivity index (χ0v) is 13.6. The van der Waals surface area contributed by atoms with Gasteiger partial charge in [-0.15, -0.1) is 11.3 Å². The fourth-order valence-electron chi connectivity index (χ4n) is 2.90. The van der Waals surface area contributed by atoms with Crippen molar-refractivity contribution in [2.24, 2.45) is 0 Å². The van der Waals surface area contributed by atoms with E-state index in [-0.39, 0.29) is 22.1 Å². The number of sulfonamides is 1. The van der Waals surface area contributed by atoms with Crippen LogP contribution < -0.4 is 10.0 Å². The average molecular weight is 343 g/mol. The molecule has 1 aromatic heterocycles. The van der Waals surface area contributed by atoms with Crippen LogP contribution in [0.5, 0.6) is 0 Å². The zero-order chi connectivity index (χ0) is 15.9. The lowest BCUT2D eigenvalue weighted by Gasteiger charge is -2.43. The molecule has 2 fully saturated rings. The lowest BCUT2D eigenvalue weighted by molar-refractivity contribution is -0.151. The van der Waals surface area contributed by atoms with E-state index in [2.05, 4.69) is 10.0 Å². The number of nitrogens with zero attached hydrogens (tertiary/aromatic N) is 1. The van der Waals surface area contributed by atoms with E-state index in [4.69, 9.17) is 0 Å². The van der Waals surface area contributed by atoms with E-state index >= 15 is 0 Å². The molecule has 2 aliphatic rings. The lowest BCUT2D eigenvalue weighted by atomic mass is 9.94. The summed E-state index contributed by atoms with van der Waals surface area (Å²) in [5.41, 5.74) is 0. The van der Waals surface area contributed by atoms with Gasteiger partial charge in [0.05, 0.1) is 0 Å². The van der Waals surface area contributed by atoms with Crippen molar-refractivity contribution in [3.05, 3.63) is 17.5 Å². The van der Waals surface area contributed by atoms with Gasteiger partial charge in [-0.2, -0.15) is 0 Å². The van der Waals surface area contributed by atoms with E-state index < -0.39 is 22.1 Å². The Labute approximate surface area is 132 Å². The van der Waals surface area contributed by atoms with Crippen LogP contribution >= 0.6 is 11.3 Å². The van der Waals surface area contributed by atoms with Gasteiger partial charge in [-0.3, -0.25) is 9.59 Å². The topological polar surface area (TPSA) is 95.6 Å². The highest BCUT2D eigenvalue weighted by Gasteiger charge is 2.43. The van der Waals surface area contributed by atoms with Crippen molar-refractivity contribution in [2.75, 3.05) is 6.54 Å². The second kappa shape index (κ2) is 5.64. The molecule has 7 nitrogen and oxygen atoms in total. The Hall–Kier alpha value is -1.45. The molecule has 22 heavy (non-hydrogen) atoms. The van der Waals surface area contributed by atoms with Gasteiger partial charge in [0.25, 0.3) is 0 Å². The SMILES string of the molecule is C[C@@H]1NC(=O)[C@@H]2C[C@@H](NS(=O)(=O)c3cccs3)CCN2C1=O. The number of fused-ring (bicyclic) bond motifs is 1. The first-order chi connectivity index (χ1) is 10.4. The monoisotopic (exact) mass is 343 g/mol. The molecule has 2 N–H and O–H groups in total. The van der Waals surface area contributed by atoms with Crippen molar-refractivity contribution in [1.29, 1.82) is 0 Å². The predicted molar refractivity (Wildman–Crippen MR) is 80.8 cm³/mol. The summed E-state index contributed by atoms with van der Waals surface area (Å²) in [5, 5.41) is 4.33. The standard InChI is InChI=1S/C13H17N3O4S2/c1-8-13(18)16-5-4-9(7-10(16)12(17)14-8)15-22(19,20)11-3-2-6-21-11/h2-3,6,8-10,15H,4-5,7H2,1H3,(H,14,17)/t8-,9-,10-/m0/s1. The van der Waals surface area contributed by atoms with E-state index in [0.29, 0.717) is 19.4 Å². The van der Waals surface area contributed by atoms with Crippen LogP contribution in [0.25, 0.3) is 0 Å². The maximum absolute atomic E-state index is 12.2. The average Bonchev–Trinajstić information content (AvgIpc) is 2.99. The van der Waals surface area contributed by atoms with Crippen LogP contribution in [0.2, 0.25) is 0 Å². The van der Waals surface area contributed by atoms with E-state index in [9.17, 15) is 18.0 Å². The molecule has 2 aliphatic heterocycles. The Morgan fingerprint density at radius 1 is 1.41 bits per heavy atom.